The van der Waals surface area contributed by atoms with E-state index in [1.807, 2.05) is 6.92 Å². The molecule has 3 heteroatoms. The van der Waals surface area contributed by atoms with E-state index in [-0.39, 0.29) is 5.54 Å². The van der Waals surface area contributed by atoms with E-state index in [0.717, 1.165) is 13.0 Å². The van der Waals surface area contributed by atoms with Crippen molar-refractivity contribution in [3.8, 4) is 6.07 Å². The average molecular weight is 235 g/mol. The predicted molar refractivity (Wildman–Crippen MR) is 69.6 cm³/mol. The molecule has 2 rings (SSSR count). The number of likely N-dealkylation sites (tertiary alicyclic amines) is 1. The van der Waals surface area contributed by atoms with Gasteiger partial charge < -0.3 is 4.90 Å². The van der Waals surface area contributed by atoms with Crippen molar-refractivity contribution in [2.24, 2.45) is 5.41 Å². The van der Waals surface area contributed by atoms with Crippen LogP contribution < -0.4 is 5.32 Å². The molecule has 1 unspecified atom stereocenters. The zero-order chi connectivity index (χ0) is 12.5. The van der Waals surface area contributed by atoms with E-state index in [4.69, 9.17) is 0 Å². The first kappa shape index (κ1) is 12.9. The first-order chi connectivity index (χ1) is 7.92. The van der Waals surface area contributed by atoms with Crippen LogP contribution >= 0.6 is 0 Å². The summed E-state index contributed by atoms with van der Waals surface area (Å²) >= 11 is 0. The molecule has 1 aliphatic heterocycles. The molecule has 17 heavy (non-hydrogen) atoms. The Morgan fingerprint density at radius 3 is 2.65 bits per heavy atom. The Hall–Kier alpha value is -0.590. The van der Waals surface area contributed by atoms with Gasteiger partial charge in [0.2, 0.25) is 0 Å². The smallest absolute Gasteiger partial charge is 0.105 e. The zero-order valence-corrected chi connectivity index (χ0v) is 11.4. The molecule has 0 radical (unpaired) electrons. The van der Waals surface area contributed by atoms with Gasteiger partial charge in [-0.1, -0.05) is 13.8 Å². The van der Waals surface area contributed by atoms with Crippen LogP contribution in [-0.2, 0) is 0 Å². The van der Waals surface area contributed by atoms with Gasteiger partial charge in [-0.3, -0.25) is 5.32 Å². The molecule has 1 aliphatic carbocycles. The third-order valence-electron chi connectivity index (χ3n) is 4.03. The molecule has 1 atom stereocenters. The maximum Gasteiger partial charge on any atom is 0.105 e. The monoisotopic (exact) mass is 235 g/mol. The van der Waals surface area contributed by atoms with Gasteiger partial charge in [-0.25, -0.2) is 0 Å². The SMILES string of the molecule is CC1(C)CCN(CCC(C)(C#N)NC2CC2)C1. The van der Waals surface area contributed by atoms with Crippen molar-refractivity contribution in [3.05, 3.63) is 0 Å². The molecule has 2 aliphatic rings. The van der Waals surface area contributed by atoms with Gasteiger partial charge in [0, 0.05) is 19.1 Å². The van der Waals surface area contributed by atoms with Gasteiger partial charge in [0.15, 0.2) is 0 Å². The molecule has 0 spiro atoms. The summed E-state index contributed by atoms with van der Waals surface area (Å²) < 4.78 is 0. The van der Waals surface area contributed by atoms with E-state index in [0.29, 0.717) is 11.5 Å². The predicted octanol–water partition coefficient (Wildman–Crippen LogP) is 2.14. The summed E-state index contributed by atoms with van der Waals surface area (Å²) in [5.74, 6) is 0. The summed E-state index contributed by atoms with van der Waals surface area (Å²) in [6.07, 6.45) is 4.71. The van der Waals surface area contributed by atoms with Crippen LogP contribution in [0.5, 0.6) is 0 Å². The highest BCUT2D eigenvalue weighted by Crippen LogP contribution is 2.30. The first-order valence-electron chi connectivity index (χ1n) is 6.84. The lowest BCUT2D eigenvalue weighted by molar-refractivity contribution is 0.260. The molecule has 1 N–H and O–H groups in total. The van der Waals surface area contributed by atoms with Crippen LogP contribution in [0.4, 0.5) is 0 Å². The van der Waals surface area contributed by atoms with E-state index in [1.54, 1.807) is 0 Å². The first-order valence-corrected chi connectivity index (χ1v) is 6.84. The van der Waals surface area contributed by atoms with Crippen LogP contribution in [0.25, 0.3) is 0 Å². The van der Waals surface area contributed by atoms with Gasteiger partial charge in [-0.2, -0.15) is 5.26 Å². The lowest BCUT2D eigenvalue weighted by atomic mass is 9.93. The molecule has 0 aromatic rings. The standard InChI is InChI=1S/C14H25N3/c1-13(2)6-8-17(11-13)9-7-14(3,10-15)16-12-4-5-12/h12,16H,4-9,11H2,1-3H3. The lowest BCUT2D eigenvalue weighted by Gasteiger charge is -2.27. The second kappa shape index (κ2) is 4.59. The molecular formula is C14H25N3. The molecule has 2 fully saturated rings. The quantitative estimate of drug-likeness (QED) is 0.793. The number of nitriles is 1. The number of hydrogen-bond acceptors (Lipinski definition) is 3. The summed E-state index contributed by atoms with van der Waals surface area (Å²) in [6, 6.07) is 3.06. The number of nitrogens with zero attached hydrogens (tertiary/aromatic N) is 2. The van der Waals surface area contributed by atoms with Crippen LogP contribution in [0.3, 0.4) is 0 Å². The largest absolute Gasteiger partial charge is 0.303 e. The molecule has 1 saturated carbocycles. The van der Waals surface area contributed by atoms with Gasteiger partial charge in [0.05, 0.1) is 6.07 Å². The van der Waals surface area contributed by atoms with Gasteiger partial charge in [0.1, 0.15) is 5.54 Å². The highest BCUT2D eigenvalue weighted by Gasteiger charge is 2.34. The van der Waals surface area contributed by atoms with Gasteiger partial charge in [-0.05, 0) is 44.6 Å². The Morgan fingerprint density at radius 2 is 2.18 bits per heavy atom. The molecule has 3 nitrogen and oxygen atoms in total. The Labute approximate surface area is 105 Å². The summed E-state index contributed by atoms with van der Waals surface area (Å²) in [5, 5.41) is 12.8. The fraction of sp³-hybridized carbons (Fsp3) is 0.929. The molecular weight excluding hydrogens is 210 g/mol. The van der Waals surface area contributed by atoms with Crippen molar-refractivity contribution in [2.45, 2.75) is 58.0 Å². The van der Waals surface area contributed by atoms with E-state index in [9.17, 15) is 5.26 Å². The minimum atomic E-state index is -0.325. The van der Waals surface area contributed by atoms with E-state index < -0.39 is 0 Å². The minimum absolute atomic E-state index is 0.325. The zero-order valence-electron chi connectivity index (χ0n) is 11.4. The van der Waals surface area contributed by atoms with Gasteiger partial charge >= 0.3 is 0 Å². The number of rotatable bonds is 5. The maximum absolute atomic E-state index is 9.31. The Bertz CT molecular complexity index is 314. The Morgan fingerprint density at radius 1 is 1.47 bits per heavy atom. The molecule has 1 saturated heterocycles. The van der Waals surface area contributed by atoms with E-state index in [1.165, 1.54) is 32.4 Å². The summed E-state index contributed by atoms with van der Waals surface area (Å²) in [6.45, 7) is 10.1. The van der Waals surface area contributed by atoms with Crippen LogP contribution in [-0.4, -0.2) is 36.1 Å². The Balaban J connectivity index is 1.78. The highest BCUT2D eigenvalue weighted by molar-refractivity contribution is 5.07. The summed E-state index contributed by atoms with van der Waals surface area (Å²) in [5.41, 5.74) is 0.140. The Kier molecular flexibility index (Phi) is 3.47. The third kappa shape index (κ3) is 3.69. The van der Waals surface area contributed by atoms with Crippen LogP contribution in [0.2, 0.25) is 0 Å². The summed E-state index contributed by atoms with van der Waals surface area (Å²) in [4.78, 5) is 2.50. The normalized spacial score (nSPS) is 27.6. The fourth-order valence-electron chi connectivity index (χ4n) is 2.64. The van der Waals surface area contributed by atoms with Crippen molar-refractivity contribution in [3.63, 3.8) is 0 Å². The fourth-order valence-corrected chi connectivity index (χ4v) is 2.64. The topological polar surface area (TPSA) is 39.1 Å². The van der Waals surface area contributed by atoms with Crippen LogP contribution in [0.1, 0.15) is 46.5 Å². The summed E-state index contributed by atoms with van der Waals surface area (Å²) in [7, 11) is 0. The van der Waals surface area contributed by atoms with Crippen LogP contribution in [0, 0.1) is 16.7 Å². The van der Waals surface area contributed by atoms with Gasteiger partial charge in [-0.15, -0.1) is 0 Å². The minimum Gasteiger partial charge on any atom is -0.303 e. The highest BCUT2D eigenvalue weighted by atomic mass is 15.2. The van der Waals surface area contributed by atoms with Crippen LogP contribution in [0.15, 0.2) is 0 Å². The van der Waals surface area contributed by atoms with Crippen molar-refractivity contribution < 1.29 is 0 Å². The molecule has 96 valence electrons. The van der Waals surface area contributed by atoms with Gasteiger partial charge in [0.25, 0.3) is 0 Å². The van der Waals surface area contributed by atoms with Crippen molar-refractivity contribution in [2.75, 3.05) is 19.6 Å². The molecule has 0 aromatic heterocycles. The molecule has 0 aromatic carbocycles. The number of hydrogen-bond donors (Lipinski definition) is 1. The second-order valence-electron chi connectivity index (χ2n) is 6.80. The van der Waals surface area contributed by atoms with Crippen molar-refractivity contribution in [1.29, 1.82) is 5.26 Å². The second-order valence-corrected chi connectivity index (χ2v) is 6.80. The average Bonchev–Trinajstić information content (AvgIpc) is 2.99. The van der Waals surface area contributed by atoms with Crippen molar-refractivity contribution >= 4 is 0 Å². The third-order valence-corrected chi connectivity index (χ3v) is 4.03. The molecule has 0 bridgehead atoms. The number of nitrogens with one attached hydrogen (secondary N) is 1. The molecule has 1 heterocycles. The lowest BCUT2D eigenvalue weighted by Crippen LogP contribution is -2.45. The van der Waals surface area contributed by atoms with Crippen molar-refractivity contribution in [1.82, 2.24) is 10.2 Å². The maximum atomic E-state index is 9.31. The van der Waals surface area contributed by atoms with E-state index in [2.05, 4.69) is 30.1 Å². The van der Waals surface area contributed by atoms with E-state index >= 15 is 0 Å². The molecule has 0 amide bonds.